The van der Waals surface area contributed by atoms with E-state index in [2.05, 4.69) is 102 Å². The van der Waals surface area contributed by atoms with Gasteiger partial charge in [0.15, 0.2) is 41.1 Å². The lowest BCUT2D eigenvalue weighted by molar-refractivity contribution is 0.503. The zero-order valence-corrected chi connectivity index (χ0v) is 94.3. The first-order valence-corrected chi connectivity index (χ1v) is 54.4. The van der Waals surface area contributed by atoms with E-state index in [-0.39, 0.29) is 23.0 Å². The third-order valence-corrected chi connectivity index (χ3v) is 25.8. The van der Waals surface area contributed by atoms with E-state index in [1.807, 2.05) is 221 Å². The molecule has 0 aliphatic rings. The highest BCUT2D eigenvalue weighted by Gasteiger charge is 2.10. The molecule has 17 rings (SSSR count). The van der Waals surface area contributed by atoms with E-state index < -0.39 is 52.8 Å². The maximum absolute atomic E-state index is 12.4. The summed E-state index contributed by atoms with van der Waals surface area (Å²) in [5, 5.41) is 3.72. The van der Waals surface area contributed by atoms with Crippen molar-refractivity contribution in [1.82, 2.24) is 19.9 Å². The standard InChI is InChI=1S/C8H9ClO2S.C8H9ClS.2C8H10O2S.C8H10.C7H6Cl2.C7H7Cl.2C7H6F2.3C7H7F.C7H9N.C7H8.3C6H7N/c1-6-5-7(12(2,10)11)3-4-8(6)9;1-6-5-7(10-2)3-4-8(6)9;1-7-3-5-8(6-4-7)11(2,9)10;1-7-4-3-5-8(6-7)11(2,9)10;1-7-5-3-4-6-8(7)2;1-5-6(8)3-2-4-7(5)9;1-6-4-2-3-5-7(6)8;1-5-6(8)3-2-4-7(5)9;1-5-3-2-4-6(8)7(5)9;1-6-2-4-7(8)5-3-6;2*1-6-4-2-3-5-7(6)8;1-6-4-3-5-8-7(6)2;1-7-5-3-2-4-6-7;1-6-2-4-7-5-3-6;1-6-3-2-4-7-5-6;1-6-4-2-3-5-7-6/h3-5H,1-2H3;3-5H,1-2H3;2*3-6H,1-2H3;3-6H,1-2H3;2-4H,1H3;2-5H,1H3;2*2-4H,1H3;3*2-5H,1H3;3-5H,1-2H3;2-6H,1H3;3*2-5H,1H3. The van der Waals surface area contributed by atoms with Gasteiger partial charge in [0.2, 0.25) is 0 Å². The number of pyridine rings is 4. The fourth-order valence-corrected chi connectivity index (χ4v) is 13.6. The number of hydrogen-bond donors (Lipinski definition) is 0. The smallest absolute Gasteiger partial charge is 0.175 e. The lowest BCUT2D eigenvalue weighted by Crippen LogP contribution is -1.96. The van der Waals surface area contributed by atoms with Gasteiger partial charge in [-0.1, -0.05) is 263 Å². The molecule has 0 unspecified atom stereocenters. The molecule has 17 aromatic rings. The number of aryl methyl sites for hydroxylation is 17. The predicted molar refractivity (Wildman–Crippen MR) is 607 cm³/mol. The van der Waals surface area contributed by atoms with Crippen molar-refractivity contribution in [3.8, 4) is 0 Å². The van der Waals surface area contributed by atoms with Gasteiger partial charge in [-0.05, 0) is 368 Å². The Bertz CT molecular complexity index is 6300. The maximum atomic E-state index is 12.4. The molecule has 0 radical (unpaired) electrons. The van der Waals surface area contributed by atoms with Crippen molar-refractivity contribution in [3.05, 3.63) is 555 Å². The van der Waals surface area contributed by atoms with Gasteiger partial charge in [0.1, 0.15) is 29.1 Å². The van der Waals surface area contributed by atoms with Gasteiger partial charge in [-0.2, -0.15) is 0 Å². The highest BCUT2D eigenvalue weighted by Crippen LogP contribution is 2.25. The topological polar surface area (TPSA) is 154 Å². The van der Waals surface area contributed by atoms with Crippen molar-refractivity contribution in [2.24, 2.45) is 0 Å². The molecule has 0 atom stereocenters. The van der Waals surface area contributed by atoms with E-state index in [1.165, 1.54) is 132 Å². The van der Waals surface area contributed by atoms with Gasteiger partial charge in [-0.15, -0.1) is 11.8 Å². The molecule has 780 valence electrons. The van der Waals surface area contributed by atoms with Crippen molar-refractivity contribution < 1.29 is 56.0 Å². The second kappa shape index (κ2) is 73.7. The summed E-state index contributed by atoms with van der Waals surface area (Å²) in [6.07, 6.45) is 16.4. The van der Waals surface area contributed by atoms with Crippen LogP contribution in [0, 0.1) is 172 Å². The second-order valence-electron chi connectivity index (χ2n) is 32.8. The SMILES string of the molecule is CSc1ccc(Cl)c(C)c1.Cc1c(Cl)cccc1Cl.Cc1c(F)cccc1F.Cc1cc(S(C)(=O)=O)ccc1Cl.Cc1ccc(F)cc1.Cc1ccc(S(C)(=O)=O)cc1.Cc1cccc(F)c1F.Cc1cccc(S(C)(=O)=O)c1.Cc1ccccc1.Cc1ccccc1C.Cc1ccccc1Cl.Cc1ccccc1F.Cc1ccccc1F.Cc1ccccn1.Cc1cccnc1.Cc1cccnc1C.Cc1ccncc1. The van der Waals surface area contributed by atoms with Crippen molar-refractivity contribution in [2.75, 3.05) is 25.0 Å². The zero-order chi connectivity index (χ0) is 111. The molecule has 0 bridgehead atoms. The third kappa shape index (κ3) is 62.4. The first-order chi connectivity index (χ1) is 69.2. The fraction of sp³-hybridized carbons (Fsp3) is 0.190. The second-order valence-corrected chi connectivity index (χ2v) is 41.7. The minimum atomic E-state index is -3.10. The van der Waals surface area contributed by atoms with E-state index in [1.54, 1.807) is 148 Å². The lowest BCUT2D eigenvalue weighted by Gasteiger charge is -2.00. The molecule has 0 aliphatic carbocycles. The van der Waals surface area contributed by atoms with Crippen LogP contribution in [0.15, 0.2) is 403 Å². The average molecular weight is 2180 g/mol. The molecule has 26 heteroatoms. The van der Waals surface area contributed by atoms with Crippen LogP contribution in [0.5, 0.6) is 0 Å². The fourth-order valence-electron chi connectivity index (χ4n) is 10.3. The number of rotatable bonds is 4. The van der Waals surface area contributed by atoms with E-state index in [0.29, 0.717) is 36.4 Å². The Kier molecular flexibility index (Phi) is 66.5. The molecule has 0 spiro atoms. The normalized spacial score (nSPS) is 9.79. The van der Waals surface area contributed by atoms with Crippen LogP contribution in [-0.2, 0) is 29.5 Å². The van der Waals surface area contributed by atoms with Gasteiger partial charge in [0, 0.05) is 103 Å². The summed E-state index contributed by atoms with van der Waals surface area (Å²) in [6.45, 7) is 36.2. The van der Waals surface area contributed by atoms with Crippen molar-refractivity contribution >= 4 is 99.3 Å². The number of benzene rings is 13. The first-order valence-electron chi connectivity index (χ1n) is 45.6. The van der Waals surface area contributed by atoms with Gasteiger partial charge < -0.3 is 0 Å². The summed E-state index contributed by atoms with van der Waals surface area (Å²) in [6, 6.07) is 102. The average Bonchev–Trinajstić information content (AvgIpc) is 0.707. The number of thioether (sulfide) groups is 1. The van der Waals surface area contributed by atoms with E-state index >= 15 is 0 Å². The van der Waals surface area contributed by atoms with Crippen LogP contribution in [-0.4, -0.2) is 70.2 Å². The zero-order valence-electron chi connectivity index (χ0n) is 87.3. The minimum Gasteiger partial charge on any atom is -0.265 e. The van der Waals surface area contributed by atoms with Crippen LogP contribution in [0.1, 0.15) is 106 Å². The lowest BCUT2D eigenvalue weighted by atomic mass is 10.1. The van der Waals surface area contributed by atoms with Gasteiger partial charge >= 0.3 is 0 Å². The maximum Gasteiger partial charge on any atom is 0.175 e. The van der Waals surface area contributed by atoms with Gasteiger partial charge in [-0.25, -0.2) is 56.0 Å². The summed E-state index contributed by atoms with van der Waals surface area (Å²) >= 11 is 30.5. The molecule has 0 saturated carbocycles. The van der Waals surface area contributed by atoms with E-state index in [9.17, 15) is 56.0 Å². The highest BCUT2D eigenvalue weighted by molar-refractivity contribution is 7.98. The Labute approximate surface area is 898 Å². The minimum absolute atomic E-state index is 0.0810. The third-order valence-electron chi connectivity index (χ3n) is 19.7. The first kappa shape index (κ1) is 133. The van der Waals surface area contributed by atoms with Crippen molar-refractivity contribution in [2.45, 2.75) is 151 Å². The number of aromatic nitrogens is 4. The summed E-state index contributed by atoms with van der Waals surface area (Å²) in [4.78, 5) is 18.1. The molecule has 13 aromatic carbocycles. The number of hydrogen-bond acceptors (Lipinski definition) is 11. The Morgan fingerprint density at radius 1 is 0.238 bits per heavy atom. The van der Waals surface area contributed by atoms with E-state index in [4.69, 9.17) is 58.0 Å². The van der Waals surface area contributed by atoms with Crippen molar-refractivity contribution in [3.63, 3.8) is 0 Å². The molecular formula is C121H132Cl5F7N4O6S4. The van der Waals surface area contributed by atoms with Crippen molar-refractivity contribution in [1.29, 1.82) is 0 Å². The molecule has 0 fully saturated rings. The van der Waals surface area contributed by atoms with Crippen LogP contribution in [0.3, 0.4) is 0 Å². The van der Waals surface area contributed by atoms with Gasteiger partial charge in [0.25, 0.3) is 0 Å². The number of halogens is 12. The molecule has 10 nitrogen and oxygen atoms in total. The summed E-state index contributed by atoms with van der Waals surface area (Å²) < 4.78 is 152. The molecule has 0 amide bonds. The van der Waals surface area contributed by atoms with Crippen LogP contribution >= 0.6 is 69.8 Å². The highest BCUT2D eigenvalue weighted by atomic mass is 35.5. The largest absolute Gasteiger partial charge is 0.265 e. The van der Waals surface area contributed by atoms with E-state index in [0.717, 1.165) is 76.5 Å². The summed E-state index contributed by atoms with van der Waals surface area (Å²) in [7, 11) is -9.15. The molecule has 0 N–H and O–H groups in total. The number of sulfone groups is 3. The van der Waals surface area contributed by atoms with Crippen LogP contribution in [0.4, 0.5) is 30.7 Å². The molecule has 4 aromatic heterocycles. The van der Waals surface area contributed by atoms with Crippen LogP contribution in [0.25, 0.3) is 0 Å². The number of nitrogens with zero attached hydrogens (tertiary/aromatic N) is 4. The molecule has 0 saturated heterocycles. The quantitative estimate of drug-likeness (QED) is 0.122. The molecule has 0 aliphatic heterocycles. The monoisotopic (exact) mass is 2170 g/mol. The van der Waals surface area contributed by atoms with Gasteiger partial charge in [-0.3, -0.25) is 19.9 Å². The Morgan fingerprint density at radius 2 is 0.599 bits per heavy atom. The molecule has 4 heterocycles. The Morgan fingerprint density at radius 3 is 0.912 bits per heavy atom. The van der Waals surface area contributed by atoms with Crippen LogP contribution < -0.4 is 0 Å². The van der Waals surface area contributed by atoms with Gasteiger partial charge in [0.05, 0.1) is 14.7 Å². The summed E-state index contributed by atoms with van der Waals surface area (Å²) in [5.41, 5.74) is 18.9. The Balaban J connectivity index is 0.000000782. The Hall–Kier alpha value is -12.4. The molecule has 147 heavy (non-hydrogen) atoms. The molecular weight excluding hydrogens is 2040 g/mol. The summed E-state index contributed by atoms with van der Waals surface area (Å²) in [5.74, 6) is -2.95. The van der Waals surface area contributed by atoms with Crippen LogP contribution in [0.2, 0.25) is 25.1 Å². The predicted octanol–water partition coefficient (Wildman–Crippen LogP) is 35.3.